The molecule has 2 fully saturated rings. The fourth-order valence-electron chi connectivity index (χ4n) is 2.96. The van der Waals surface area contributed by atoms with Gasteiger partial charge in [0.1, 0.15) is 5.54 Å². The number of hydrogen-bond acceptors (Lipinski definition) is 4. The Hall–Kier alpha value is -2.65. The lowest BCUT2D eigenvalue weighted by Crippen LogP contribution is -2.53. The van der Waals surface area contributed by atoms with E-state index >= 15 is 0 Å². The second-order valence-electron chi connectivity index (χ2n) is 7.19. The second kappa shape index (κ2) is 7.71. The molecule has 0 atom stereocenters. The molecule has 1 aliphatic carbocycles. The topological polar surface area (TPSA) is 85.2 Å². The number of nitrogens with zero attached hydrogens (tertiary/aromatic N) is 2. The van der Waals surface area contributed by atoms with Crippen LogP contribution in [-0.4, -0.2) is 48.4 Å². The zero-order valence-electron chi connectivity index (χ0n) is 15.0. The van der Waals surface area contributed by atoms with Crippen LogP contribution in [0, 0.1) is 11.3 Å². The molecule has 0 spiro atoms. The van der Waals surface area contributed by atoms with Gasteiger partial charge >= 0.3 is 0 Å². The third-order valence-corrected chi connectivity index (χ3v) is 4.93. The summed E-state index contributed by atoms with van der Waals surface area (Å²) < 4.78 is 0. The lowest BCUT2D eigenvalue weighted by molar-refractivity contribution is -0.118. The summed E-state index contributed by atoms with van der Waals surface area (Å²) in [5.41, 5.74) is 0.671. The van der Waals surface area contributed by atoms with Crippen LogP contribution in [0.4, 0.5) is 0 Å². The van der Waals surface area contributed by atoms with Gasteiger partial charge in [0.25, 0.3) is 5.91 Å². The average Bonchev–Trinajstić information content (AvgIpc) is 3.46. The monoisotopic (exact) mass is 352 g/mol. The van der Waals surface area contributed by atoms with Crippen LogP contribution in [0.25, 0.3) is 6.08 Å². The maximum atomic E-state index is 12.2. The van der Waals surface area contributed by atoms with Crippen LogP contribution in [0.3, 0.4) is 0 Å². The number of nitrogens with one attached hydrogen (secondary N) is 2. The molecule has 0 aromatic heterocycles. The number of hydrogen-bond donors (Lipinski definition) is 2. The normalized spacial score (nSPS) is 19.7. The first-order valence-electron chi connectivity index (χ1n) is 9.01. The molecule has 2 aliphatic rings. The highest BCUT2D eigenvalue weighted by Crippen LogP contribution is 2.21. The van der Waals surface area contributed by atoms with E-state index in [-0.39, 0.29) is 11.8 Å². The predicted octanol–water partition coefficient (Wildman–Crippen LogP) is 1.70. The van der Waals surface area contributed by atoms with Crippen LogP contribution in [0.2, 0.25) is 0 Å². The highest BCUT2D eigenvalue weighted by molar-refractivity contribution is 5.95. The maximum absolute atomic E-state index is 12.2. The zero-order chi connectivity index (χ0) is 18.6. The Kier molecular flexibility index (Phi) is 5.38. The molecule has 6 nitrogen and oxygen atoms in total. The highest BCUT2D eigenvalue weighted by atomic mass is 16.2. The van der Waals surface area contributed by atoms with E-state index in [1.165, 1.54) is 6.08 Å². The molecule has 1 aromatic carbocycles. The van der Waals surface area contributed by atoms with Crippen LogP contribution < -0.4 is 10.6 Å². The molecular weight excluding hydrogens is 328 g/mol. The molecule has 6 heteroatoms. The molecule has 0 bridgehead atoms. The van der Waals surface area contributed by atoms with E-state index in [9.17, 15) is 14.9 Å². The number of carbonyl (C=O) groups is 2. The third kappa shape index (κ3) is 4.70. The Morgan fingerprint density at radius 3 is 2.46 bits per heavy atom. The van der Waals surface area contributed by atoms with Gasteiger partial charge in [0.15, 0.2) is 0 Å². The van der Waals surface area contributed by atoms with E-state index in [0.29, 0.717) is 24.4 Å². The molecular formula is C20H24N4O2. The summed E-state index contributed by atoms with van der Waals surface area (Å²) in [6.07, 6.45) is 6.51. The van der Waals surface area contributed by atoms with Crippen LogP contribution >= 0.6 is 0 Å². The lowest BCUT2D eigenvalue weighted by atomic mass is 9.89. The van der Waals surface area contributed by atoms with Crippen molar-refractivity contribution in [2.24, 2.45) is 0 Å². The molecule has 136 valence electrons. The lowest BCUT2D eigenvalue weighted by Gasteiger charge is -2.35. The molecule has 2 N–H and O–H groups in total. The van der Waals surface area contributed by atoms with Crippen LogP contribution in [0.5, 0.6) is 0 Å². The standard InChI is InChI=1S/C20H24N4O2/c1-24-12-10-20(14-21,11-13-24)23-18(25)9-4-15-2-5-16(6-3-15)19(26)22-17-7-8-17/h2-6,9,17H,7-8,10-13H2,1H3,(H,22,26)(H,23,25)/b9-4+. The number of piperidine rings is 1. The maximum Gasteiger partial charge on any atom is 0.251 e. The molecule has 1 heterocycles. The van der Waals surface area contributed by atoms with Gasteiger partial charge in [-0.05, 0) is 56.5 Å². The molecule has 0 radical (unpaired) electrons. The Labute approximate surface area is 153 Å². The Bertz CT molecular complexity index is 736. The first-order chi connectivity index (χ1) is 12.5. The van der Waals surface area contributed by atoms with Crippen LogP contribution in [0.15, 0.2) is 30.3 Å². The summed E-state index contributed by atoms with van der Waals surface area (Å²) in [5.74, 6) is -0.328. The number of rotatable bonds is 5. The largest absolute Gasteiger partial charge is 0.349 e. The molecule has 26 heavy (non-hydrogen) atoms. The SMILES string of the molecule is CN1CCC(C#N)(NC(=O)/C=C/c2ccc(C(=O)NC3CC3)cc2)CC1. The average molecular weight is 352 g/mol. The molecule has 0 unspecified atom stereocenters. The van der Waals surface area contributed by atoms with E-state index < -0.39 is 5.54 Å². The van der Waals surface area contributed by atoms with Gasteiger partial charge in [-0.25, -0.2) is 0 Å². The van der Waals surface area contributed by atoms with Gasteiger partial charge in [0, 0.05) is 30.8 Å². The van der Waals surface area contributed by atoms with Crippen LogP contribution in [0.1, 0.15) is 41.6 Å². The summed E-state index contributed by atoms with van der Waals surface area (Å²) in [6.45, 7) is 1.59. The Morgan fingerprint density at radius 2 is 1.88 bits per heavy atom. The molecule has 1 saturated heterocycles. The minimum atomic E-state index is -0.779. The molecule has 2 amide bonds. The summed E-state index contributed by atoms with van der Waals surface area (Å²) >= 11 is 0. The number of likely N-dealkylation sites (tertiary alicyclic amines) is 1. The van der Waals surface area contributed by atoms with E-state index in [1.807, 2.05) is 7.05 Å². The fraction of sp³-hybridized carbons (Fsp3) is 0.450. The van der Waals surface area contributed by atoms with Crippen molar-refractivity contribution < 1.29 is 9.59 Å². The van der Waals surface area contributed by atoms with E-state index in [0.717, 1.165) is 31.5 Å². The molecule has 1 aromatic rings. The predicted molar refractivity (Wildman–Crippen MR) is 99.2 cm³/mol. The summed E-state index contributed by atoms with van der Waals surface area (Å²) in [4.78, 5) is 26.3. The minimum Gasteiger partial charge on any atom is -0.349 e. The molecule has 1 saturated carbocycles. The third-order valence-electron chi connectivity index (χ3n) is 4.93. The van der Waals surface area contributed by atoms with Crippen molar-refractivity contribution in [3.8, 4) is 6.07 Å². The van der Waals surface area contributed by atoms with Crippen LogP contribution in [-0.2, 0) is 4.79 Å². The zero-order valence-corrected chi connectivity index (χ0v) is 15.0. The van der Waals surface area contributed by atoms with E-state index in [4.69, 9.17) is 0 Å². The summed E-state index contributed by atoms with van der Waals surface area (Å²) in [7, 11) is 2.01. The van der Waals surface area contributed by atoms with Gasteiger partial charge in [0.05, 0.1) is 6.07 Å². The highest BCUT2D eigenvalue weighted by Gasteiger charge is 2.34. The van der Waals surface area contributed by atoms with Gasteiger partial charge in [-0.1, -0.05) is 12.1 Å². The molecule has 3 rings (SSSR count). The van der Waals surface area contributed by atoms with Crippen molar-refractivity contribution >= 4 is 17.9 Å². The first-order valence-corrected chi connectivity index (χ1v) is 9.01. The van der Waals surface area contributed by atoms with Gasteiger partial charge in [0.2, 0.25) is 5.91 Å². The number of carbonyl (C=O) groups excluding carboxylic acids is 2. The second-order valence-corrected chi connectivity index (χ2v) is 7.19. The minimum absolute atomic E-state index is 0.0565. The van der Waals surface area contributed by atoms with Crippen molar-refractivity contribution in [2.45, 2.75) is 37.3 Å². The fourth-order valence-corrected chi connectivity index (χ4v) is 2.96. The van der Waals surface area contributed by atoms with Crippen molar-refractivity contribution in [1.29, 1.82) is 5.26 Å². The number of nitriles is 1. The molecule has 1 aliphatic heterocycles. The van der Waals surface area contributed by atoms with Crippen molar-refractivity contribution in [2.75, 3.05) is 20.1 Å². The van der Waals surface area contributed by atoms with Crippen molar-refractivity contribution in [3.63, 3.8) is 0 Å². The number of benzene rings is 1. The van der Waals surface area contributed by atoms with Crippen molar-refractivity contribution in [3.05, 3.63) is 41.5 Å². The smallest absolute Gasteiger partial charge is 0.251 e. The Balaban J connectivity index is 1.55. The quantitative estimate of drug-likeness (QED) is 0.790. The number of amides is 2. The van der Waals surface area contributed by atoms with Gasteiger partial charge in [-0.15, -0.1) is 0 Å². The Morgan fingerprint density at radius 1 is 1.23 bits per heavy atom. The van der Waals surface area contributed by atoms with E-state index in [1.54, 1.807) is 30.3 Å². The van der Waals surface area contributed by atoms with E-state index in [2.05, 4.69) is 21.6 Å². The van der Waals surface area contributed by atoms with Gasteiger partial charge < -0.3 is 15.5 Å². The van der Waals surface area contributed by atoms with Gasteiger partial charge in [-0.2, -0.15) is 5.26 Å². The summed E-state index contributed by atoms with van der Waals surface area (Å²) in [6, 6.07) is 9.72. The van der Waals surface area contributed by atoms with Crippen molar-refractivity contribution in [1.82, 2.24) is 15.5 Å². The first kappa shape index (κ1) is 18.2. The van der Waals surface area contributed by atoms with Gasteiger partial charge in [-0.3, -0.25) is 9.59 Å². The summed E-state index contributed by atoms with van der Waals surface area (Å²) in [5, 5.41) is 15.3.